The van der Waals surface area contributed by atoms with Gasteiger partial charge in [0, 0.05) is 18.1 Å². The van der Waals surface area contributed by atoms with Gasteiger partial charge in [-0.05, 0) is 141 Å². The molecule has 0 aliphatic heterocycles. The first-order chi connectivity index (χ1) is 30.4. The molecule has 0 radical (unpaired) electrons. The van der Waals surface area contributed by atoms with E-state index in [0.29, 0.717) is 19.3 Å². The fourth-order valence-corrected chi connectivity index (χ4v) is 7.37. The van der Waals surface area contributed by atoms with Crippen LogP contribution in [0.2, 0.25) is 0 Å². The molecule has 4 aromatic carbocycles. The van der Waals surface area contributed by atoms with E-state index in [1.54, 1.807) is 60.3 Å². The highest BCUT2D eigenvalue weighted by molar-refractivity contribution is 5.71. The Labute approximate surface area is 389 Å². The number of amides is 2. The summed E-state index contributed by atoms with van der Waals surface area (Å²) in [6, 6.07) is 37.1. The van der Waals surface area contributed by atoms with E-state index < -0.39 is 47.2 Å². The fraction of sp³-hybridized carbons (Fsp3) is 0.481. The lowest BCUT2D eigenvalue weighted by molar-refractivity contribution is -0.940. The lowest BCUT2D eigenvalue weighted by Crippen LogP contribution is -3.17. The molecule has 11 nitrogen and oxygen atoms in total. The Morgan fingerprint density at radius 1 is 0.554 bits per heavy atom. The van der Waals surface area contributed by atoms with Crippen LogP contribution in [0.3, 0.4) is 0 Å². The van der Waals surface area contributed by atoms with E-state index in [2.05, 4.69) is 57.4 Å². The van der Waals surface area contributed by atoms with Crippen LogP contribution in [0.25, 0.3) is 22.3 Å². The molecule has 0 aromatic heterocycles. The van der Waals surface area contributed by atoms with Crippen LogP contribution in [0.4, 0.5) is 9.59 Å². The van der Waals surface area contributed by atoms with Crippen LogP contribution in [-0.2, 0) is 31.9 Å². The number of hydrogen-bond donors (Lipinski definition) is 4. The van der Waals surface area contributed by atoms with Crippen molar-refractivity contribution in [3.63, 3.8) is 0 Å². The van der Waals surface area contributed by atoms with Gasteiger partial charge in [-0.25, -0.2) is 9.59 Å². The average Bonchev–Trinajstić information content (AvgIpc) is 3.21. The van der Waals surface area contributed by atoms with Crippen LogP contribution in [-0.4, -0.2) is 71.1 Å². The molecule has 0 saturated heterocycles. The largest absolute Gasteiger partial charge is 0.550 e. The highest BCUT2D eigenvalue weighted by Crippen LogP contribution is 2.23. The molecule has 4 atom stereocenters. The van der Waals surface area contributed by atoms with Crippen molar-refractivity contribution in [3.8, 4) is 22.3 Å². The van der Waals surface area contributed by atoms with Crippen molar-refractivity contribution in [1.82, 2.24) is 10.6 Å². The predicted octanol–water partition coefficient (Wildman–Crippen LogP) is 9.17. The Morgan fingerprint density at radius 3 is 1.14 bits per heavy atom. The summed E-state index contributed by atoms with van der Waals surface area (Å²) >= 11 is 0. The van der Waals surface area contributed by atoms with Crippen molar-refractivity contribution < 1.29 is 43.8 Å². The summed E-state index contributed by atoms with van der Waals surface area (Å²) < 4.78 is 10.6. The van der Waals surface area contributed by atoms with Gasteiger partial charge in [-0.1, -0.05) is 123 Å². The van der Waals surface area contributed by atoms with Gasteiger partial charge in [0.05, 0.1) is 24.5 Å². The monoisotopic (exact) mass is 896 g/mol. The summed E-state index contributed by atoms with van der Waals surface area (Å²) in [7, 11) is 0. The number of hydrogen-bond acceptors (Lipinski definition) is 7. The Bertz CT molecular complexity index is 1860. The van der Waals surface area contributed by atoms with E-state index in [4.69, 9.17) is 9.47 Å². The molecular weight excluding hydrogens is 819 g/mol. The van der Waals surface area contributed by atoms with E-state index in [-0.39, 0.29) is 18.5 Å². The zero-order chi connectivity index (χ0) is 48.9. The molecule has 0 fully saturated rings. The molecule has 4 N–H and O–H groups in total. The second kappa shape index (κ2) is 27.0. The van der Waals surface area contributed by atoms with Crippen LogP contribution >= 0.6 is 0 Å². The number of carbonyl (C=O) groups excluding carboxylic acids is 3. The second-order valence-electron chi connectivity index (χ2n) is 19.4. The molecule has 4 aromatic rings. The SMILES string of the molecule is CC[NH+](C(C)C)C(C)C.C[C@H](CC(Cc1ccc(-c2ccccc2)cc1)NC(=O)OC(C)(C)C)C(=O)O.C[C@H](CC(Cc1ccc(-c2ccccc2)cc1)NC(=O)OC(C)(C)C)C(=O)[O-]. The highest BCUT2D eigenvalue weighted by Gasteiger charge is 2.24. The average molecular weight is 896 g/mol. The number of carbonyl (C=O) groups is 4. The topological polar surface area (TPSA) is 159 Å². The van der Waals surface area contributed by atoms with Gasteiger partial charge < -0.3 is 40.0 Å². The number of aliphatic carboxylic acids is 2. The molecule has 2 unspecified atom stereocenters. The molecule has 0 heterocycles. The van der Waals surface area contributed by atoms with Crippen LogP contribution < -0.4 is 20.6 Å². The van der Waals surface area contributed by atoms with Gasteiger partial charge in [0.1, 0.15) is 11.2 Å². The Balaban J connectivity index is 0.000000376. The Hall–Kier alpha value is -5.68. The van der Waals surface area contributed by atoms with Crippen LogP contribution in [0.5, 0.6) is 0 Å². The first-order valence-electron chi connectivity index (χ1n) is 22.9. The maximum Gasteiger partial charge on any atom is 0.407 e. The number of alkyl carbamates (subject to hydrolysis) is 2. The maximum atomic E-state index is 12.2. The van der Waals surface area contributed by atoms with E-state index >= 15 is 0 Å². The van der Waals surface area contributed by atoms with E-state index in [0.717, 1.165) is 45.5 Å². The third-order valence-corrected chi connectivity index (χ3v) is 10.5. The molecule has 0 bridgehead atoms. The minimum atomic E-state index is -1.13. The zero-order valence-corrected chi connectivity index (χ0v) is 41.2. The second-order valence-corrected chi connectivity index (χ2v) is 19.4. The van der Waals surface area contributed by atoms with Crippen LogP contribution in [0.1, 0.15) is 114 Å². The quantitative estimate of drug-likeness (QED) is 0.0817. The molecule has 0 aliphatic carbocycles. The van der Waals surface area contributed by atoms with Gasteiger partial charge in [0.15, 0.2) is 0 Å². The molecule has 4 rings (SSSR count). The van der Waals surface area contributed by atoms with Crippen molar-refractivity contribution in [3.05, 3.63) is 120 Å². The molecule has 11 heteroatoms. The van der Waals surface area contributed by atoms with Crippen molar-refractivity contribution in [1.29, 1.82) is 0 Å². The number of quaternary nitrogens is 1. The summed E-state index contributed by atoms with van der Waals surface area (Å²) in [4.78, 5) is 48.4. The van der Waals surface area contributed by atoms with Crippen molar-refractivity contribution in [2.45, 2.75) is 151 Å². The lowest BCUT2D eigenvalue weighted by Gasteiger charge is -2.26. The van der Waals surface area contributed by atoms with Gasteiger partial charge in [-0.15, -0.1) is 0 Å². The smallest absolute Gasteiger partial charge is 0.407 e. The predicted molar refractivity (Wildman–Crippen MR) is 259 cm³/mol. The standard InChI is InChI=1S/2C23H29NO4.C8H19N/c2*1-16(21(25)26)14-20(24-22(27)28-23(2,3)4)15-17-10-12-19(13-11-17)18-8-6-5-7-9-18;1-6-9(7(2)3)8(4)5/h2*5-13,16,20H,14-15H2,1-4H3,(H,24,27)(H,25,26);7-8H,6H2,1-5H3/t2*16-,20?;/m11./s1. The summed E-state index contributed by atoms with van der Waals surface area (Å²) in [5.41, 5.74) is 5.28. The number of benzene rings is 4. The maximum absolute atomic E-state index is 12.2. The first kappa shape index (κ1) is 55.5. The summed E-state index contributed by atoms with van der Waals surface area (Å²) in [6.45, 7) is 26.6. The first-order valence-corrected chi connectivity index (χ1v) is 22.9. The van der Waals surface area contributed by atoms with Gasteiger partial charge in [-0.2, -0.15) is 0 Å². The number of rotatable bonds is 17. The highest BCUT2D eigenvalue weighted by atomic mass is 16.6. The van der Waals surface area contributed by atoms with Gasteiger partial charge >= 0.3 is 18.2 Å². The van der Waals surface area contributed by atoms with Gasteiger partial charge in [-0.3, -0.25) is 4.79 Å². The molecular formula is C54H77N3O8. The molecule has 0 saturated carbocycles. The molecule has 0 spiro atoms. The summed E-state index contributed by atoms with van der Waals surface area (Å²) in [5, 5.41) is 26.0. The normalized spacial score (nSPS) is 13.2. The van der Waals surface area contributed by atoms with Gasteiger partial charge in [0.25, 0.3) is 0 Å². The fourth-order valence-electron chi connectivity index (χ4n) is 7.37. The Morgan fingerprint density at radius 2 is 0.877 bits per heavy atom. The summed E-state index contributed by atoms with van der Waals surface area (Å²) in [6.07, 6.45) is 0.550. The molecule has 356 valence electrons. The van der Waals surface area contributed by atoms with Crippen LogP contribution in [0, 0.1) is 11.8 Å². The van der Waals surface area contributed by atoms with Crippen molar-refractivity contribution >= 4 is 24.1 Å². The lowest BCUT2D eigenvalue weighted by atomic mass is 9.95. The van der Waals surface area contributed by atoms with Gasteiger partial charge in [0.2, 0.25) is 0 Å². The van der Waals surface area contributed by atoms with Crippen molar-refractivity contribution in [2.24, 2.45) is 11.8 Å². The number of carboxylic acids is 2. The van der Waals surface area contributed by atoms with Crippen LogP contribution in [0.15, 0.2) is 109 Å². The third-order valence-electron chi connectivity index (χ3n) is 10.5. The number of ether oxygens (including phenoxy) is 2. The van der Waals surface area contributed by atoms with Crippen molar-refractivity contribution in [2.75, 3.05) is 6.54 Å². The number of nitrogens with one attached hydrogen (secondary N) is 3. The van der Waals surface area contributed by atoms with E-state index in [9.17, 15) is 29.4 Å². The molecule has 0 aliphatic rings. The minimum absolute atomic E-state index is 0.266. The summed E-state index contributed by atoms with van der Waals surface area (Å²) in [5.74, 6) is -3.25. The Kier molecular flexibility index (Phi) is 23.0. The number of carboxylic acid groups (broad SMARTS) is 2. The zero-order valence-electron chi connectivity index (χ0n) is 41.2. The minimum Gasteiger partial charge on any atom is -0.550 e. The third kappa shape index (κ3) is 22.7. The molecule has 2 amide bonds. The van der Waals surface area contributed by atoms with E-state index in [1.807, 2.05) is 97.1 Å². The van der Waals surface area contributed by atoms with E-state index in [1.165, 1.54) is 6.54 Å². The molecule has 65 heavy (non-hydrogen) atoms.